The van der Waals surface area contributed by atoms with Gasteiger partial charge in [0.1, 0.15) is 12.1 Å². The molecule has 1 aliphatic heterocycles. The number of carbonyl (C=O) groups excluding carboxylic acids is 1. The predicted molar refractivity (Wildman–Crippen MR) is 116 cm³/mol. The molecule has 3 heterocycles. The minimum absolute atomic E-state index is 0.0609. The van der Waals surface area contributed by atoms with E-state index in [1.54, 1.807) is 10.8 Å². The van der Waals surface area contributed by atoms with Gasteiger partial charge in [0.2, 0.25) is 5.91 Å². The minimum atomic E-state index is 0.0609. The Bertz CT molecular complexity index is 964. The summed E-state index contributed by atoms with van der Waals surface area (Å²) in [6, 6.07) is 14.2. The van der Waals surface area contributed by atoms with Gasteiger partial charge in [0.15, 0.2) is 5.65 Å². The quantitative estimate of drug-likeness (QED) is 0.596. The molecule has 2 aromatic heterocycles. The van der Waals surface area contributed by atoms with Crippen LogP contribution in [0.15, 0.2) is 48.8 Å². The summed E-state index contributed by atoms with van der Waals surface area (Å²) in [6.45, 7) is 3.92. The molecule has 158 valence electrons. The summed E-state index contributed by atoms with van der Waals surface area (Å²) in [5.41, 5.74) is 1.91. The van der Waals surface area contributed by atoms with Crippen LogP contribution in [0.2, 0.25) is 0 Å². The largest absolute Gasteiger partial charge is 0.355 e. The third kappa shape index (κ3) is 4.76. The fourth-order valence-corrected chi connectivity index (χ4v) is 3.89. The van der Waals surface area contributed by atoms with Crippen LogP contribution < -0.4 is 4.90 Å². The lowest BCUT2D eigenvalue weighted by molar-refractivity contribution is -0.137. The molecule has 1 fully saturated rings. The summed E-state index contributed by atoms with van der Waals surface area (Å²) in [7, 11) is 4.09. The van der Waals surface area contributed by atoms with E-state index in [1.165, 1.54) is 5.56 Å². The van der Waals surface area contributed by atoms with Crippen molar-refractivity contribution < 1.29 is 4.79 Å². The average Bonchev–Trinajstić information content (AvgIpc) is 3.25. The average molecular weight is 408 g/mol. The Hall–Kier alpha value is -3.00. The monoisotopic (exact) mass is 407 g/mol. The van der Waals surface area contributed by atoms with Crippen LogP contribution in [0, 0.1) is 5.92 Å². The van der Waals surface area contributed by atoms with Crippen LogP contribution in [0.25, 0.3) is 5.65 Å². The minimum Gasteiger partial charge on any atom is -0.355 e. The summed E-state index contributed by atoms with van der Waals surface area (Å²) in [4.78, 5) is 19.7. The maximum absolute atomic E-state index is 13.4. The summed E-state index contributed by atoms with van der Waals surface area (Å²) in [5.74, 6) is 1.23. The third-order valence-corrected chi connectivity index (χ3v) is 5.66. The Labute approximate surface area is 177 Å². The van der Waals surface area contributed by atoms with Gasteiger partial charge in [-0.1, -0.05) is 30.3 Å². The highest BCUT2D eigenvalue weighted by Crippen LogP contribution is 2.24. The lowest BCUT2D eigenvalue weighted by Gasteiger charge is -2.35. The van der Waals surface area contributed by atoms with Crippen LogP contribution >= 0.6 is 0 Å². The van der Waals surface area contributed by atoms with Crippen LogP contribution in [0.3, 0.4) is 0 Å². The number of hydrogen-bond donors (Lipinski definition) is 0. The molecule has 0 N–H and O–H groups in total. The van der Waals surface area contributed by atoms with E-state index in [2.05, 4.69) is 37.2 Å². The van der Waals surface area contributed by atoms with Gasteiger partial charge in [0.05, 0.1) is 0 Å². The van der Waals surface area contributed by atoms with Crippen molar-refractivity contribution in [2.24, 2.45) is 5.92 Å². The van der Waals surface area contributed by atoms with Gasteiger partial charge in [-0.25, -0.2) is 0 Å². The van der Waals surface area contributed by atoms with E-state index >= 15 is 0 Å². The number of hydrogen-bond acceptors (Lipinski definition) is 6. The van der Waals surface area contributed by atoms with E-state index in [0.717, 1.165) is 50.5 Å². The van der Waals surface area contributed by atoms with Gasteiger partial charge in [0.25, 0.3) is 0 Å². The van der Waals surface area contributed by atoms with Crippen molar-refractivity contribution in [3.8, 4) is 0 Å². The maximum atomic E-state index is 13.4. The number of piperidine rings is 1. The molecule has 0 radical (unpaired) electrons. The fraction of sp³-hybridized carbons (Fsp3) is 0.455. The number of aromatic nitrogens is 4. The molecule has 1 saturated heterocycles. The highest BCUT2D eigenvalue weighted by molar-refractivity contribution is 5.79. The molecule has 8 heteroatoms. The molecular weight excluding hydrogens is 378 g/mol. The van der Waals surface area contributed by atoms with Crippen molar-refractivity contribution in [1.82, 2.24) is 29.6 Å². The second-order valence-electron chi connectivity index (χ2n) is 8.14. The first-order valence-corrected chi connectivity index (χ1v) is 10.5. The van der Waals surface area contributed by atoms with Crippen molar-refractivity contribution in [3.05, 3.63) is 54.4 Å². The van der Waals surface area contributed by atoms with Crippen molar-refractivity contribution in [1.29, 1.82) is 0 Å². The Morgan fingerprint density at radius 1 is 1.07 bits per heavy atom. The van der Waals surface area contributed by atoms with E-state index < -0.39 is 0 Å². The third-order valence-electron chi connectivity index (χ3n) is 5.66. The van der Waals surface area contributed by atoms with Crippen LogP contribution in [0.5, 0.6) is 0 Å². The lowest BCUT2D eigenvalue weighted by atomic mass is 9.95. The highest BCUT2D eigenvalue weighted by atomic mass is 16.2. The number of carbonyl (C=O) groups is 1. The van der Waals surface area contributed by atoms with Gasteiger partial charge >= 0.3 is 0 Å². The predicted octanol–water partition coefficient (Wildman–Crippen LogP) is 1.93. The maximum Gasteiger partial charge on any atom is 0.226 e. The van der Waals surface area contributed by atoms with E-state index in [4.69, 9.17) is 0 Å². The van der Waals surface area contributed by atoms with E-state index in [9.17, 15) is 4.79 Å². The molecule has 0 aliphatic carbocycles. The molecule has 4 rings (SSSR count). The van der Waals surface area contributed by atoms with E-state index in [0.29, 0.717) is 6.54 Å². The number of anilines is 1. The first-order valence-electron chi connectivity index (χ1n) is 10.5. The van der Waals surface area contributed by atoms with Gasteiger partial charge in [-0.05, 0) is 44.6 Å². The SMILES string of the molecule is CN(C)CCN(Cc1ccccc1)C(=O)C1CCN(c2ccc3nncn3n2)CC1. The standard InChI is InChI=1S/C22H29N7O/c1-26(2)14-15-28(16-18-6-4-3-5-7-18)22(30)19-10-12-27(13-11-19)21-9-8-20-24-23-17-29(20)25-21/h3-9,17,19H,10-16H2,1-2H3. The van der Waals surface area contributed by atoms with Crippen molar-refractivity contribution in [3.63, 3.8) is 0 Å². The summed E-state index contributed by atoms with van der Waals surface area (Å²) in [5, 5.41) is 12.5. The molecule has 30 heavy (non-hydrogen) atoms. The molecule has 0 saturated carbocycles. The molecule has 8 nitrogen and oxygen atoms in total. The normalized spacial score (nSPS) is 15.1. The van der Waals surface area contributed by atoms with Gasteiger partial charge in [0, 0.05) is 38.6 Å². The molecule has 1 aromatic carbocycles. The first-order chi connectivity index (χ1) is 14.6. The smallest absolute Gasteiger partial charge is 0.226 e. The van der Waals surface area contributed by atoms with Gasteiger partial charge in [-0.2, -0.15) is 4.52 Å². The molecule has 0 spiro atoms. The van der Waals surface area contributed by atoms with Crippen molar-refractivity contribution in [2.75, 3.05) is 45.2 Å². The number of benzene rings is 1. The molecular formula is C22H29N7O. The van der Waals surface area contributed by atoms with Crippen LogP contribution in [-0.4, -0.2) is 75.8 Å². The van der Waals surface area contributed by atoms with Crippen molar-refractivity contribution in [2.45, 2.75) is 19.4 Å². The zero-order chi connectivity index (χ0) is 20.9. The zero-order valence-corrected chi connectivity index (χ0v) is 17.7. The number of fused-ring (bicyclic) bond motifs is 1. The number of nitrogens with zero attached hydrogens (tertiary/aromatic N) is 7. The summed E-state index contributed by atoms with van der Waals surface area (Å²) >= 11 is 0. The van der Waals surface area contributed by atoms with E-state index in [-0.39, 0.29) is 11.8 Å². The number of likely N-dealkylation sites (N-methyl/N-ethyl adjacent to an activating group) is 1. The van der Waals surface area contributed by atoms with Gasteiger partial charge in [-0.3, -0.25) is 4.79 Å². The van der Waals surface area contributed by atoms with Crippen molar-refractivity contribution >= 4 is 17.4 Å². The topological polar surface area (TPSA) is 69.9 Å². The molecule has 3 aromatic rings. The number of amides is 1. The Kier molecular flexibility index (Phi) is 6.23. The zero-order valence-electron chi connectivity index (χ0n) is 17.7. The van der Waals surface area contributed by atoms with Gasteiger partial charge < -0.3 is 14.7 Å². The number of rotatable bonds is 7. The summed E-state index contributed by atoms with van der Waals surface area (Å²) < 4.78 is 1.69. The van der Waals surface area contributed by atoms with Crippen LogP contribution in [-0.2, 0) is 11.3 Å². The lowest BCUT2D eigenvalue weighted by Crippen LogP contribution is -2.44. The molecule has 0 unspecified atom stereocenters. The Balaban J connectivity index is 1.39. The molecule has 0 atom stereocenters. The highest BCUT2D eigenvalue weighted by Gasteiger charge is 2.29. The molecule has 1 aliphatic rings. The Morgan fingerprint density at radius 3 is 2.57 bits per heavy atom. The molecule has 0 bridgehead atoms. The summed E-state index contributed by atoms with van der Waals surface area (Å²) in [6.07, 6.45) is 3.29. The first kappa shape index (κ1) is 20.3. The van der Waals surface area contributed by atoms with Gasteiger partial charge in [-0.15, -0.1) is 15.3 Å². The van der Waals surface area contributed by atoms with Crippen LogP contribution in [0.4, 0.5) is 5.82 Å². The molecule has 1 amide bonds. The van der Waals surface area contributed by atoms with Crippen LogP contribution in [0.1, 0.15) is 18.4 Å². The second kappa shape index (κ2) is 9.21. The fourth-order valence-electron chi connectivity index (χ4n) is 3.89. The van der Waals surface area contributed by atoms with E-state index in [1.807, 2.05) is 49.3 Å². The Morgan fingerprint density at radius 2 is 1.83 bits per heavy atom. The second-order valence-corrected chi connectivity index (χ2v) is 8.14.